The van der Waals surface area contributed by atoms with Crippen LogP contribution in [0.25, 0.3) is 10.4 Å². The number of aromatic amines is 1. The number of halogens is 1. The summed E-state index contributed by atoms with van der Waals surface area (Å²) in [5.74, 6) is -0.621. The molecular formula is C19H18FN5O3S. The summed E-state index contributed by atoms with van der Waals surface area (Å²) in [5, 5.41) is 13.0. The Balaban J connectivity index is 1.48. The van der Waals surface area contributed by atoms with Crippen LogP contribution in [0.15, 0.2) is 36.5 Å². The van der Waals surface area contributed by atoms with Crippen molar-refractivity contribution in [1.29, 1.82) is 0 Å². The van der Waals surface area contributed by atoms with Crippen LogP contribution in [-0.4, -0.2) is 46.6 Å². The molecule has 1 fully saturated rings. The Morgan fingerprint density at radius 1 is 1.41 bits per heavy atom. The molecule has 29 heavy (non-hydrogen) atoms. The van der Waals surface area contributed by atoms with Gasteiger partial charge in [0.1, 0.15) is 11.9 Å². The number of hydrogen-bond acceptors (Lipinski definition) is 6. The highest BCUT2D eigenvalue weighted by molar-refractivity contribution is 7.15. The highest BCUT2D eigenvalue weighted by Gasteiger charge is 2.32. The number of hydrogen-bond donors (Lipinski definition) is 2. The lowest BCUT2D eigenvalue weighted by Crippen LogP contribution is -2.33. The number of H-pyrrole nitrogens is 1. The van der Waals surface area contributed by atoms with Gasteiger partial charge in [-0.2, -0.15) is 15.4 Å². The van der Waals surface area contributed by atoms with Crippen LogP contribution in [0.2, 0.25) is 0 Å². The monoisotopic (exact) mass is 415 g/mol. The number of carbonyl (C=O) groups excluding carboxylic acids is 2. The van der Waals surface area contributed by atoms with Crippen LogP contribution in [0.4, 0.5) is 14.9 Å². The average Bonchev–Trinajstić information content (AvgIpc) is 3.42. The van der Waals surface area contributed by atoms with Crippen molar-refractivity contribution in [3.63, 3.8) is 0 Å². The van der Waals surface area contributed by atoms with Crippen molar-refractivity contribution in [3.05, 3.63) is 52.9 Å². The van der Waals surface area contributed by atoms with Gasteiger partial charge in [-0.05, 0) is 30.3 Å². The molecule has 150 valence electrons. The van der Waals surface area contributed by atoms with E-state index >= 15 is 0 Å². The first-order valence-electron chi connectivity index (χ1n) is 8.95. The minimum atomic E-state index is -0.557. The Morgan fingerprint density at radius 2 is 2.28 bits per heavy atom. The number of nitrogens with zero attached hydrogens (tertiary/aromatic N) is 3. The maximum absolute atomic E-state index is 14.8. The summed E-state index contributed by atoms with van der Waals surface area (Å²) in [6.07, 6.45) is 1.25. The topological polar surface area (TPSA) is 100 Å². The Kier molecular flexibility index (Phi) is 5.26. The first kappa shape index (κ1) is 19.1. The molecule has 2 aromatic heterocycles. The molecule has 8 nitrogen and oxygen atoms in total. The molecule has 0 radical (unpaired) electrons. The molecule has 1 aliphatic heterocycles. The predicted molar refractivity (Wildman–Crippen MR) is 105 cm³/mol. The van der Waals surface area contributed by atoms with Gasteiger partial charge in [0, 0.05) is 28.7 Å². The number of anilines is 1. The number of carbonyl (C=O) groups is 2. The Morgan fingerprint density at radius 3 is 3.00 bits per heavy atom. The summed E-state index contributed by atoms with van der Waals surface area (Å²) < 4.78 is 20.0. The van der Waals surface area contributed by atoms with Gasteiger partial charge in [-0.15, -0.1) is 11.3 Å². The quantitative estimate of drug-likeness (QED) is 0.645. The van der Waals surface area contributed by atoms with E-state index in [1.165, 1.54) is 29.2 Å². The number of nitrogens with one attached hydrogen (secondary N) is 2. The van der Waals surface area contributed by atoms with Crippen molar-refractivity contribution in [3.8, 4) is 10.4 Å². The Bertz CT molecular complexity index is 1040. The maximum Gasteiger partial charge on any atom is 0.414 e. The van der Waals surface area contributed by atoms with Gasteiger partial charge < -0.3 is 10.1 Å². The van der Waals surface area contributed by atoms with Crippen molar-refractivity contribution >= 4 is 29.0 Å². The van der Waals surface area contributed by atoms with Crippen molar-refractivity contribution in [1.82, 2.24) is 20.7 Å². The van der Waals surface area contributed by atoms with Crippen LogP contribution >= 0.6 is 11.3 Å². The molecule has 4 rings (SSSR count). The number of benzene rings is 1. The Labute approximate surface area is 169 Å². The van der Waals surface area contributed by atoms with Gasteiger partial charge in [0.15, 0.2) is 0 Å². The fourth-order valence-corrected chi connectivity index (χ4v) is 4.12. The lowest BCUT2D eigenvalue weighted by Gasteiger charge is -2.14. The third-order valence-corrected chi connectivity index (χ3v) is 5.58. The highest BCUT2D eigenvalue weighted by atomic mass is 32.1. The number of ether oxygens (including phenoxy) is 1. The molecule has 0 bridgehead atoms. The Hall–Kier alpha value is -3.27. The van der Waals surface area contributed by atoms with E-state index in [2.05, 4.69) is 20.7 Å². The highest BCUT2D eigenvalue weighted by Crippen LogP contribution is 2.33. The van der Waals surface area contributed by atoms with E-state index < -0.39 is 18.0 Å². The summed E-state index contributed by atoms with van der Waals surface area (Å²) >= 11 is 1.48. The van der Waals surface area contributed by atoms with Crippen LogP contribution in [0.1, 0.15) is 17.5 Å². The van der Waals surface area contributed by atoms with Gasteiger partial charge >= 0.3 is 6.09 Å². The van der Waals surface area contributed by atoms with Gasteiger partial charge in [-0.25, -0.2) is 9.18 Å². The molecule has 10 heteroatoms. The van der Waals surface area contributed by atoms with E-state index in [4.69, 9.17) is 4.74 Å². The number of aromatic nitrogens is 3. The lowest BCUT2D eigenvalue weighted by atomic mass is 10.1. The number of rotatable bonds is 6. The second-order valence-corrected chi connectivity index (χ2v) is 7.79. The average molecular weight is 415 g/mol. The summed E-state index contributed by atoms with van der Waals surface area (Å²) in [6.45, 7) is 1.87. The van der Waals surface area contributed by atoms with Crippen molar-refractivity contribution in [2.75, 3.05) is 18.0 Å². The summed E-state index contributed by atoms with van der Waals surface area (Å²) in [6, 6.07) is 8.48. The second kappa shape index (κ2) is 8.00. The van der Waals surface area contributed by atoms with Gasteiger partial charge in [0.2, 0.25) is 5.91 Å². The fraction of sp³-hybridized carbons (Fsp3) is 0.263. The molecule has 0 spiro atoms. The standard InChI is InChI=1S/C19H18FN5O3S/c1-11(26)21-9-14-10-25(19(27)28-14)13-2-4-16(17(20)7-13)18-5-3-15(29-18)6-12-8-22-24-23-12/h2-5,7-8,14H,6,9-10H2,1H3,(H,21,26)(H,22,23,24). The van der Waals surface area contributed by atoms with Crippen LogP contribution < -0.4 is 10.2 Å². The maximum atomic E-state index is 14.8. The largest absolute Gasteiger partial charge is 0.442 e. The van der Waals surface area contributed by atoms with Crippen LogP contribution in [-0.2, 0) is 16.0 Å². The van der Waals surface area contributed by atoms with Gasteiger partial charge in [-0.3, -0.25) is 9.69 Å². The third kappa shape index (κ3) is 4.27. The van der Waals surface area contributed by atoms with E-state index in [1.54, 1.807) is 18.3 Å². The molecule has 3 aromatic rings. The van der Waals surface area contributed by atoms with E-state index in [1.807, 2.05) is 12.1 Å². The number of cyclic esters (lactones) is 1. The van der Waals surface area contributed by atoms with Crippen molar-refractivity contribution in [2.24, 2.45) is 0 Å². The molecule has 1 aromatic carbocycles. The minimum Gasteiger partial charge on any atom is -0.442 e. The molecule has 1 unspecified atom stereocenters. The SMILES string of the molecule is CC(=O)NCC1CN(c2ccc(-c3ccc(Cc4cn[nH]n4)s3)c(F)c2)C(=O)O1. The van der Waals surface area contributed by atoms with Gasteiger partial charge in [0.25, 0.3) is 0 Å². The van der Waals surface area contributed by atoms with Crippen LogP contribution in [0.5, 0.6) is 0 Å². The lowest BCUT2D eigenvalue weighted by molar-refractivity contribution is -0.119. The zero-order chi connectivity index (χ0) is 20.4. The molecular weight excluding hydrogens is 397 g/mol. The zero-order valence-corrected chi connectivity index (χ0v) is 16.3. The number of amides is 2. The molecule has 1 saturated heterocycles. The third-order valence-electron chi connectivity index (χ3n) is 4.46. The fourth-order valence-electron chi connectivity index (χ4n) is 3.07. The molecule has 3 heterocycles. The number of thiophene rings is 1. The summed E-state index contributed by atoms with van der Waals surface area (Å²) in [4.78, 5) is 26.3. The summed E-state index contributed by atoms with van der Waals surface area (Å²) in [7, 11) is 0. The van der Waals surface area contributed by atoms with E-state index in [9.17, 15) is 14.0 Å². The first-order chi connectivity index (χ1) is 14.0. The summed E-state index contributed by atoms with van der Waals surface area (Å²) in [5.41, 5.74) is 1.70. The molecule has 0 saturated carbocycles. The van der Waals surface area contributed by atoms with Crippen LogP contribution in [0, 0.1) is 5.82 Å². The molecule has 1 atom stereocenters. The van der Waals surface area contributed by atoms with Crippen molar-refractivity contribution in [2.45, 2.75) is 19.4 Å². The van der Waals surface area contributed by atoms with Crippen molar-refractivity contribution < 1.29 is 18.7 Å². The van der Waals surface area contributed by atoms with Crippen LogP contribution in [0.3, 0.4) is 0 Å². The first-order valence-corrected chi connectivity index (χ1v) is 9.77. The molecule has 0 aliphatic carbocycles. The smallest absolute Gasteiger partial charge is 0.414 e. The normalized spacial score (nSPS) is 16.1. The van der Waals surface area contributed by atoms with E-state index in [0.29, 0.717) is 17.7 Å². The van der Waals surface area contributed by atoms with E-state index in [0.717, 1.165) is 15.4 Å². The zero-order valence-electron chi connectivity index (χ0n) is 15.5. The minimum absolute atomic E-state index is 0.200. The van der Waals surface area contributed by atoms with Gasteiger partial charge in [0.05, 0.1) is 30.7 Å². The predicted octanol–water partition coefficient (Wildman–Crippen LogP) is 2.72. The molecule has 2 N–H and O–H groups in total. The molecule has 2 amide bonds. The molecule has 1 aliphatic rings. The van der Waals surface area contributed by atoms with Gasteiger partial charge in [-0.1, -0.05) is 0 Å². The van der Waals surface area contributed by atoms with E-state index in [-0.39, 0.29) is 19.0 Å². The second-order valence-electron chi connectivity index (χ2n) is 6.62.